The molecule has 0 unspecified atom stereocenters. The molecule has 0 atom stereocenters. The fourth-order valence-electron chi connectivity index (χ4n) is 3.41. The van der Waals surface area contributed by atoms with E-state index in [0.717, 1.165) is 50.8 Å². The van der Waals surface area contributed by atoms with E-state index in [4.69, 9.17) is 29.3 Å². The fraction of sp³-hybridized carbons (Fsp3) is 0.391. The van der Waals surface area contributed by atoms with Gasteiger partial charge in [-0.2, -0.15) is 0 Å². The van der Waals surface area contributed by atoms with Crippen LogP contribution in [0, 0.1) is 6.92 Å². The van der Waals surface area contributed by atoms with Gasteiger partial charge in [-0.1, -0.05) is 35.9 Å². The molecule has 2 aromatic rings. The molecule has 1 aliphatic heterocycles. The minimum Gasteiger partial charge on any atom is -0.493 e. The van der Waals surface area contributed by atoms with Crippen molar-refractivity contribution < 1.29 is 29.3 Å². The molecule has 168 valence electrons. The van der Waals surface area contributed by atoms with Crippen molar-refractivity contribution in [1.29, 1.82) is 0 Å². The summed E-state index contributed by atoms with van der Waals surface area (Å²) in [7, 11) is 3.36. The highest BCUT2D eigenvalue weighted by atomic mass is 16.5. The highest BCUT2D eigenvalue weighted by molar-refractivity contribution is 6.27. The molecule has 1 fully saturated rings. The van der Waals surface area contributed by atoms with Crippen LogP contribution in [-0.4, -0.2) is 72.4 Å². The van der Waals surface area contributed by atoms with Crippen molar-refractivity contribution in [2.24, 2.45) is 0 Å². The second-order valence-corrected chi connectivity index (χ2v) is 7.34. The summed E-state index contributed by atoms with van der Waals surface area (Å²) in [6.45, 7) is 8.58. The molecular formula is C23H30N2O6. The van der Waals surface area contributed by atoms with Gasteiger partial charge in [-0.25, -0.2) is 9.59 Å². The topological polar surface area (TPSA) is 99.5 Å². The van der Waals surface area contributed by atoms with Gasteiger partial charge >= 0.3 is 11.9 Å². The molecule has 1 saturated heterocycles. The Balaban J connectivity index is 0.000000501. The lowest BCUT2D eigenvalue weighted by molar-refractivity contribution is -0.159. The molecule has 0 amide bonds. The van der Waals surface area contributed by atoms with Crippen molar-refractivity contribution in [3.05, 3.63) is 59.2 Å². The average molecular weight is 431 g/mol. The van der Waals surface area contributed by atoms with Crippen LogP contribution in [0.25, 0.3) is 0 Å². The van der Waals surface area contributed by atoms with Crippen molar-refractivity contribution in [3.63, 3.8) is 0 Å². The molecule has 2 aromatic carbocycles. The zero-order chi connectivity index (χ0) is 22.8. The Morgan fingerprint density at radius 1 is 0.806 bits per heavy atom. The maximum absolute atomic E-state index is 9.10. The third kappa shape index (κ3) is 7.92. The molecule has 1 heterocycles. The number of carboxylic acids is 2. The third-order valence-electron chi connectivity index (χ3n) is 4.99. The van der Waals surface area contributed by atoms with E-state index in [9.17, 15) is 0 Å². The zero-order valence-electron chi connectivity index (χ0n) is 18.2. The molecule has 0 bridgehead atoms. The van der Waals surface area contributed by atoms with Gasteiger partial charge in [-0.05, 0) is 30.2 Å². The number of aliphatic carboxylic acids is 2. The zero-order valence-corrected chi connectivity index (χ0v) is 18.2. The molecule has 2 N–H and O–H groups in total. The van der Waals surface area contributed by atoms with E-state index < -0.39 is 11.9 Å². The Bertz CT molecular complexity index is 866. The van der Waals surface area contributed by atoms with Crippen molar-refractivity contribution in [1.82, 2.24) is 9.80 Å². The van der Waals surface area contributed by atoms with Crippen molar-refractivity contribution >= 4 is 11.9 Å². The smallest absolute Gasteiger partial charge is 0.414 e. The highest BCUT2D eigenvalue weighted by Gasteiger charge is 2.17. The summed E-state index contributed by atoms with van der Waals surface area (Å²) >= 11 is 0. The highest BCUT2D eigenvalue weighted by Crippen LogP contribution is 2.28. The molecule has 0 saturated carbocycles. The summed E-state index contributed by atoms with van der Waals surface area (Å²) in [5.74, 6) is -2.06. The minimum atomic E-state index is -1.82. The molecule has 3 rings (SSSR count). The fourth-order valence-corrected chi connectivity index (χ4v) is 3.41. The van der Waals surface area contributed by atoms with Gasteiger partial charge in [0.05, 0.1) is 14.2 Å². The first-order valence-corrected chi connectivity index (χ1v) is 9.99. The quantitative estimate of drug-likeness (QED) is 0.675. The van der Waals surface area contributed by atoms with Gasteiger partial charge in [0, 0.05) is 39.3 Å². The van der Waals surface area contributed by atoms with Crippen LogP contribution < -0.4 is 9.47 Å². The second kappa shape index (κ2) is 11.9. The predicted molar refractivity (Wildman–Crippen MR) is 117 cm³/mol. The van der Waals surface area contributed by atoms with Crippen LogP contribution >= 0.6 is 0 Å². The molecule has 0 aliphatic carbocycles. The van der Waals surface area contributed by atoms with Gasteiger partial charge in [0.1, 0.15) is 0 Å². The third-order valence-corrected chi connectivity index (χ3v) is 4.99. The van der Waals surface area contributed by atoms with E-state index in [1.54, 1.807) is 14.2 Å². The number of nitrogens with zero attached hydrogens (tertiary/aromatic N) is 2. The van der Waals surface area contributed by atoms with E-state index in [2.05, 4.69) is 53.1 Å². The SMILES string of the molecule is COc1ccc(CN2CCN(Cc3cccc(C)c3)CC2)cc1OC.O=C(O)C(=O)O. The molecule has 0 radical (unpaired) electrons. The van der Waals surface area contributed by atoms with Gasteiger partial charge in [0.15, 0.2) is 11.5 Å². The van der Waals surface area contributed by atoms with E-state index >= 15 is 0 Å². The van der Waals surface area contributed by atoms with Crippen LogP contribution in [0.5, 0.6) is 11.5 Å². The normalized spacial score (nSPS) is 14.3. The van der Waals surface area contributed by atoms with Gasteiger partial charge in [0.2, 0.25) is 0 Å². The molecule has 31 heavy (non-hydrogen) atoms. The maximum atomic E-state index is 9.10. The van der Waals surface area contributed by atoms with Crippen LogP contribution in [0.15, 0.2) is 42.5 Å². The van der Waals surface area contributed by atoms with Crippen molar-refractivity contribution in [3.8, 4) is 11.5 Å². The predicted octanol–water partition coefficient (Wildman–Crippen LogP) is 2.49. The van der Waals surface area contributed by atoms with Crippen molar-refractivity contribution in [2.75, 3.05) is 40.4 Å². The Kier molecular flexibility index (Phi) is 9.30. The molecule has 0 spiro atoms. The van der Waals surface area contributed by atoms with Crippen molar-refractivity contribution in [2.45, 2.75) is 20.0 Å². The largest absolute Gasteiger partial charge is 0.493 e. The van der Waals surface area contributed by atoms with Crippen LogP contribution in [0.1, 0.15) is 16.7 Å². The first-order valence-electron chi connectivity index (χ1n) is 9.99. The standard InChI is InChI=1S/C21H28N2O2.C2H2O4/c1-17-5-4-6-18(13-17)15-22-9-11-23(12-10-22)16-19-7-8-20(24-2)21(14-19)25-3;3-1(4)2(5)6/h4-8,13-14H,9-12,15-16H2,1-3H3;(H,3,4)(H,5,6). The van der Waals surface area contributed by atoms with E-state index in [1.165, 1.54) is 16.7 Å². The molecule has 1 aliphatic rings. The summed E-state index contributed by atoms with van der Waals surface area (Å²) < 4.78 is 10.7. The number of benzene rings is 2. The lowest BCUT2D eigenvalue weighted by Crippen LogP contribution is -2.45. The van der Waals surface area contributed by atoms with Gasteiger partial charge in [0.25, 0.3) is 0 Å². The maximum Gasteiger partial charge on any atom is 0.414 e. The number of rotatable bonds is 6. The summed E-state index contributed by atoms with van der Waals surface area (Å²) in [6.07, 6.45) is 0. The lowest BCUT2D eigenvalue weighted by Gasteiger charge is -2.34. The van der Waals surface area contributed by atoms with Crippen LogP contribution in [0.3, 0.4) is 0 Å². The molecule has 8 heteroatoms. The summed E-state index contributed by atoms with van der Waals surface area (Å²) in [6, 6.07) is 15.0. The van der Waals surface area contributed by atoms with E-state index in [0.29, 0.717) is 0 Å². The first kappa shape index (κ1) is 24.2. The molecular weight excluding hydrogens is 400 g/mol. The Morgan fingerprint density at radius 3 is 1.77 bits per heavy atom. The number of carboxylic acid groups (broad SMARTS) is 2. The number of methoxy groups -OCH3 is 2. The number of ether oxygens (including phenoxy) is 2. The van der Waals surface area contributed by atoms with E-state index in [1.807, 2.05) is 6.07 Å². The second-order valence-electron chi connectivity index (χ2n) is 7.34. The molecule has 8 nitrogen and oxygen atoms in total. The monoisotopic (exact) mass is 430 g/mol. The first-order chi connectivity index (χ1) is 14.8. The Morgan fingerprint density at radius 2 is 1.32 bits per heavy atom. The van der Waals surface area contributed by atoms with Crippen LogP contribution in [0.2, 0.25) is 0 Å². The summed E-state index contributed by atoms with van der Waals surface area (Å²) in [5.41, 5.74) is 4.02. The van der Waals surface area contributed by atoms with E-state index in [-0.39, 0.29) is 0 Å². The Hall–Kier alpha value is -3.10. The van der Waals surface area contributed by atoms with Gasteiger partial charge < -0.3 is 19.7 Å². The van der Waals surface area contributed by atoms with Crippen LogP contribution in [0.4, 0.5) is 0 Å². The number of piperazine rings is 1. The summed E-state index contributed by atoms with van der Waals surface area (Å²) in [4.78, 5) is 23.2. The number of hydrogen-bond donors (Lipinski definition) is 2. The lowest BCUT2D eigenvalue weighted by atomic mass is 10.1. The number of carbonyl (C=O) groups is 2. The summed E-state index contributed by atoms with van der Waals surface area (Å²) in [5, 5.41) is 14.8. The number of aryl methyl sites for hydroxylation is 1. The molecule has 0 aromatic heterocycles. The van der Waals surface area contributed by atoms with Crippen LogP contribution in [-0.2, 0) is 22.7 Å². The van der Waals surface area contributed by atoms with Gasteiger partial charge in [-0.15, -0.1) is 0 Å². The average Bonchev–Trinajstić information content (AvgIpc) is 2.75. The number of hydrogen-bond acceptors (Lipinski definition) is 6. The van der Waals surface area contributed by atoms with Gasteiger partial charge in [-0.3, -0.25) is 9.80 Å². The Labute approximate surface area is 182 Å². The minimum absolute atomic E-state index is 0.786.